The third kappa shape index (κ3) is 6.72. The van der Waals surface area contributed by atoms with E-state index >= 15 is 0 Å². The monoisotopic (exact) mass is 212 g/mol. The van der Waals surface area contributed by atoms with Crippen LogP contribution < -0.4 is 0 Å². The summed E-state index contributed by atoms with van der Waals surface area (Å²) in [5, 5.41) is 0.467. The smallest absolute Gasteiger partial charge is 0.0829 e. The van der Waals surface area contributed by atoms with E-state index < -0.39 is 8.07 Å². The van der Waals surface area contributed by atoms with Crippen molar-refractivity contribution in [1.29, 1.82) is 0 Å². The van der Waals surface area contributed by atoms with Gasteiger partial charge in [0.2, 0.25) is 0 Å². The van der Waals surface area contributed by atoms with E-state index in [1.807, 2.05) is 0 Å². The van der Waals surface area contributed by atoms with Crippen LogP contribution in [0.1, 0.15) is 20.8 Å². The Labute approximate surface area is 90.2 Å². The van der Waals surface area contributed by atoms with Gasteiger partial charge in [-0.25, -0.2) is 0 Å². The van der Waals surface area contributed by atoms with E-state index in [9.17, 15) is 0 Å². The molecule has 0 saturated heterocycles. The molecule has 0 aliphatic heterocycles. The first-order valence-electron chi connectivity index (χ1n) is 4.73. The van der Waals surface area contributed by atoms with Crippen LogP contribution in [0, 0.1) is 0 Å². The maximum atomic E-state index is 4.36. The maximum absolute atomic E-state index is 4.36. The van der Waals surface area contributed by atoms with Crippen molar-refractivity contribution in [2.45, 2.75) is 38.9 Å². The van der Waals surface area contributed by atoms with Crippen molar-refractivity contribution in [2.24, 2.45) is 0 Å². The van der Waals surface area contributed by atoms with Gasteiger partial charge in [0.05, 0.1) is 20.6 Å². The largest absolute Gasteiger partial charge is 0.474 e. The first kappa shape index (κ1) is 15.7. The SMILES string of the molecule is C=COC=C.C=C[Si](C)(C)C(C)(C)C. The Morgan fingerprint density at radius 1 is 1.00 bits per heavy atom. The molecule has 0 fully saturated rings. The van der Waals surface area contributed by atoms with E-state index in [1.165, 1.54) is 12.5 Å². The quantitative estimate of drug-likeness (QED) is 0.494. The Kier molecular flexibility index (Phi) is 7.46. The lowest BCUT2D eigenvalue weighted by Crippen LogP contribution is -2.34. The normalized spacial score (nSPS) is 10.6. The summed E-state index contributed by atoms with van der Waals surface area (Å²) < 4.78 is 4.36. The minimum atomic E-state index is -1.11. The molecule has 14 heavy (non-hydrogen) atoms. The molecule has 0 aromatic heterocycles. The zero-order chi connectivity index (χ0) is 11.8. The van der Waals surface area contributed by atoms with Crippen LogP contribution in [-0.4, -0.2) is 8.07 Å². The van der Waals surface area contributed by atoms with E-state index in [0.717, 1.165) is 0 Å². The van der Waals surface area contributed by atoms with E-state index in [1.54, 1.807) is 0 Å². The summed E-state index contributed by atoms with van der Waals surface area (Å²) in [5.74, 6) is 0. The second-order valence-corrected chi connectivity index (χ2v) is 10.00. The zero-order valence-electron chi connectivity index (χ0n) is 10.3. The third-order valence-electron chi connectivity index (χ3n) is 2.64. The number of hydrogen-bond acceptors (Lipinski definition) is 1. The van der Waals surface area contributed by atoms with Gasteiger partial charge in [0, 0.05) is 0 Å². The molecular formula is C12H24OSi. The Hall–Kier alpha value is -0.763. The topological polar surface area (TPSA) is 9.23 Å². The van der Waals surface area contributed by atoms with E-state index in [2.05, 4.69) is 64.0 Å². The highest BCUT2D eigenvalue weighted by Crippen LogP contribution is 2.35. The average Bonchev–Trinajstić information content (AvgIpc) is 2.05. The standard InChI is InChI=1S/C8H18Si.C4H6O/c1-7-9(5,6)8(2,3)4;1-3-5-4-2/h7H,1H2,2-6H3;3-4H,1-2H2. The molecule has 0 bridgehead atoms. The minimum Gasteiger partial charge on any atom is -0.474 e. The van der Waals surface area contributed by atoms with Gasteiger partial charge in [0.15, 0.2) is 0 Å². The molecule has 0 aliphatic carbocycles. The Balaban J connectivity index is 0. The molecule has 0 rings (SSSR count). The van der Waals surface area contributed by atoms with Gasteiger partial charge >= 0.3 is 0 Å². The summed E-state index contributed by atoms with van der Waals surface area (Å²) in [6.45, 7) is 21.9. The molecule has 0 amide bonds. The predicted octanol–water partition coefficient (Wildman–Crippen LogP) is 4.51. The van der Waals surface area contributed by atoms with Crippen molar-refractivity contribution in [1.82, 2.24) is 0 Å². The number of ether oxygens (including phenoxy) is 1. The lowest BCUT2D eigenvalue weighted by Gasteiger charge is -2.33. The second-order valence-electron chi connectivity index (χ2n) is 4.65. The number of hydrogen-bond donors (Lipinski definition) is 0. The van der Waals surface area contributed by atoms with Crippen molar-refractivity contribution >= 4 is 8.07 Å². The zero-order valence-corrected chi connectivity index (χ0v) is 11.3. The molecule has 0 spiro atoms. The summed E-state index contributed by atoms with van der Waals surface area (Å²) in [6.07, 6.45) is 2.62. The molecule has 0 heterocycles. The summed E-state index contributed by atoms with van der Waals surface area (Å²) >= 11 is 0. The summed E-state index contributed by atoms with van der Waals surface area (Å²) in [6, 6.07) is 0. The van der Waals surface area contributed by atoms with Crippen LogP contribution in [0.3, 0.4) is 0 Å². The fourth-order valence-electron chi connectivity index (χ4n) is 0.374. The Bertz CT molecular complexity index is 181. The van der Waals surface area contributed by atoms with Gasteiger partial charge in [0.1, 0.15) is 0 Å². The van der Waals surface area contributed by atoms with E-state index in [0.29, 0.717) is 5.04 Å². The average molecular weight is 212 g/mol. The van der Waals surface area contributed by atoms with Crippen molar-refractivity contribution in [3.8, 4) is 0 Å². The minimum absolute atomic E-state index is 0.467. The lowest BCUT2D eigenvalue weighted by molar-refractivity contribution is 0.406. The molecule has 1 nitrogen and oxygen atoms in total. The molecule has 0 aromatic carbocycles. The van der Waals surface area contributed by atoms with Crippen LogP contribution in [-0.2, 0) is 4.74 Å². The van der Waals surface area contributed by atoms with Crippen LogP contribution in [0.25, 0.3) is 0 Å². The molecule has 82 valence electrons. The number of rotatable bonds is 3. The lowest BCUT2D eigenvalue weighted by atomic mass is 10.2. The summed E-state index contributed by atoms with van der Waals surface area (Å²) in [4.78, 5) is 0. The van der Waals surface area contributed by atoms with Gasteiger partial charge in [0.25, 0.3) is 0 Å². The Morgan fingerprint density at radius 3 is 1.36 bits per heavy atom. The first-order valence-corrected chi connectivity index (χ1v) is 7.81. The summed E-state index contributed by atoms with van der Waals surface area (Å²) in [5.41, 5.74) is 2.16. The van der Waals surface area contributed by atoms with Gasteiger partial charge in [-0.2, -0.15) is 0 Å². The molecular weight excluding hydrogens is 188 g/mol. The first-order chi connectivity index (χ1) is 6.22. The molecule has 0 unspecified atom stereocenters. The van der Waals surface area contributed by atoms with Crippen LogP contribution in [0.2, 0.25) is 18.1 Å². The van der Waals surface area contributed by atoms with Crippen LogP contribution in [0.4, 0.5) is 0 Å². The summed E-state index contributed by atoms with van der Waals surface area (Å²) in [7, 11) is -1.11. The highest BCUT2D eigenvalue weighted by atomic mass is 28.3. The maximum Gasteiger partial charge on any atom is 0.0829 e. The van der Waals surface area contributed by atoms with Gasteiger partial charge in [-0.05, 0) is 5.04 Å². The van der Waals surface area contributed by atoms with Crippen molar-refractivity contribution in [3.63, 3.8) is 0 Å². The second kappa shape index (κ2) is 6.66. The molecule has 0 aromatic rings. The molecule has 0 N–H and O–H groups in total. The van der Waals surface area contributed by atoms with Crippen LogP contribution in [0.15, 0.2) is 38.0 Å². The van der Waals surface area contributed by atoms with Crippen molar-refractivity contribution in [3.05, 3.63) is 38.0 Å². The molecule has 0 radical (unpaired) electrons. The van der Waals surface area contributed by atoms with Crippen LogP contribution in [0.5, 0.6) is 0 Å². The van der Waals surface area contributed by atoms with E-state index in [-0.39, 0.29) is 0 Å². The highest BCUT2D eigenvalue weighted by Gasteiger charge is 2.31. The predicted molar refractivity (Wildman–Crippen MR) is 68.9 cm³/mol. The highest BCUT2D eigenvalue weighted by molar-refractivity contribution is 6.84. The van der Waals surface area contributed by atoms with Gasteiger partial charge in [-0.1, -0.05) is 47.0 Å². The van der Waals surface area contributed by atoms with Gasteiger partial charge < -0.3 is 4.74 Å². The van der Waals surface area contributed by atoms with Gasteiger partial charge in [-0.15, -0.1) is 12.3 Å². The van der Waals surface area contributed by atoms with E-state index in [4.69, 9.17) is 0 Å². The fraction of sp³-hybridized carbons (Fsp3) is 0.500. The Morgan fingerprint density at radius 2 is 1.36 bits per heavy atom. The molecule has 2 heteroatoms. The molecule has 0 aliphatic rings. The third-order valence-corrected chi connectivity index (χ3v) is 7.52. The molecule has 0 saturated carbocycles. The van der Waals surface area contributed by atoms with Crippen LogP contribution >= 0.6 is 0 Å². The molecule has 0 atom stereocenters. The van der Waals surface area contributed by atoms with Gasteiger partial charge in [-0.3, -0.25) is 0 Å². The van der Waals surface area contributed by atoms with Crippen molar-refractivity contribution in [2.75, 3.05) is 0 Å². The van der Waals surface area contributed by atoms with Crippen molar-refractivity contribution < 1.29 is 4.74 Å². The fourth-order valence-corrected chi connectivity index (χ4v) is 0.987.